The minimum atomic E-state index is -0.594. The van der Waals surface area contributed by atoms with Crippen molar-refractivity contribution in [1.82, 2.24) is 4.90 Å². The summed E-state index contributed by atoms with van der Waals surface area (Å²) in [7, 11) is 4.54. The normalized spacial score (nSPS) is 18.1. The third kappa shape index (κ3) is 3.50. The maximum Gasteiger partial charge on any atom is 0.417 e. The van der Waals surface area contributed by atoms with Crippen molar-refractivity contribution < 1.29 is 28.5 Å². The number of nitrogens with zero attached hydrogens (tertiary/aromatic N) is 1. The molecule has 0 radical (unpaired) electrons. The van der Waals surface area contributed by atoms with Gasteiger partial charge in [-0.2, -0.15) is 0 Å². The Hall–Kier alpha value is -2.44. The van der Waals surface area contributed by atoms with Gasteiger partial charge in [0.05, 0.1) is 33.3 Å². The van der Waals surface area contributed by atoms with Crippen LogP contribution in [0, 0.1) is 5.92 Å². The van der Waals surface area contributed by atoms with Gasteiger partial charge in [0.15, 0.2) is 11.5 Å². The first-order chi connectivity index (χ1) is 11.8. The number of carbonyl (C=O) groups is 2. The molecule has 0 bridgehead atoms. The SMILES string of the molecule is COc1cc([C@H](C)C(=O)N2C(=O)OC[C@@H]2C(C)C)cc(OC)c1OC. The lowest BCUT2D eigenvalue weighted by atomic mass is 9.96. The van der Waals surface area contributed by atoms with Crippen LogP contribution < -0.4 is 14.2 Å². The van der Waals surface area contributed by atoms with Gasteiger partial charge in [0.25, 0.3) is 0 Å². The van der Waals surface area contributed by atoms with Gasteiger partial charge in [-0.05, 0) is 30.5 Å². The van der Waals surface area contributed by atoms with E-state index < -0.39 is 12.0 Å². The Morgan fingerprint density at radius 2 is 1.68 bits per heavy atom. The van der Waals surface area contributed by atoms with Crippen LogP contribution in [0.15, 0.2) is 12.1 Å². The maximum atomic E-state index is 12.9. The van der Waals surface area contributed by atoms with Crippen LogP contribution >= 0.6 is 0 Å². The van der Waals surface area contributed by atoms with Crippen molar-refractivity contribution in [1.29, 1.82) is 0 Å². The van der Waals surface area contributed by atoms with Gasteiger partial charge in [0.2, 0.25) is 11.7 Å². The molecule has 7 heteroatoms. The summed E-state index contributed by atoms with van der Waals surface area (Å²) in [6.07, 6.45) is -0.594. The van der Waals surface area contributed by atoms with Crippen LogP contribution in [0.5, 0.6) is 17.2 Å². The lowest BCUT2D eigenvalue weighted by Gasteiger charge is -2.26. The van der Waals surface area contributed by atoms with Gasteiger partial charge in [0, 0.05) is 0 Å². The molecule has 1 fully saturated rings. The van der Waals surface area contributed by atoms with Crippen molar-refractivity contribution in [3.8, 4) is 17.2 Å². The summed E-state index contributed by atoms with van der Waals surface area (Å²) >= 11 is 0. The van der Waals surface area contributed by atoms with Crippen LogP contribution in [0.25, 0.3) is 0 Å². The number of carbonyl (C=O) groups excluding carboxylic acids is 2. The molecule has 0 saturated carbocycles. The molecule has 1 aromatic carbocycles. The van der Waals surface area contributed by atoms with E-state index in [1.807, 2.05) is 13.8 Å². The highest BCUT2D eigenvalue weighted by molar-refractivity contribution is 5.97. The number of rotatable bonds is 6. The molecule has 1 saturated heterocycles. The number of ether oxygens (including phenoxy) is 4. The highest BCUT2D eigenvalue weighted by Crippen LogP contribution is 2.40. The van der Waals surface area contributed by atoms with Gasteiger partial charge in [0.1, 0.15) is 6.61 Å². The van der Waals surface area contributed by atoms with Gasteiger partial charge in [-0.25, -0.2) is 9.69 Å². The molecule has 1 aliphatic rings. The molecule has 0 spiro atoms. The first-order valence-electron chi connectivity index (χ1n) is 8.15. The van der Waals surface area contributed by atoms with Gasteiger partial charge < -0.3 is 18.9 Å². The number of amides is 2. The van der Waals surface area contributed by atoms with E-state index in [2.05, 4.69) is 0 Å². The fourth-order valence-corrected chi connectivity index (χ4v) is 2.88. The van der Waals surface area contributed by atoms with Crippen molar-refractivity contribution >= 4 is 12.0 Å². The Morgan fingerprint density at radius 3 is 2.12 bits per heavy atom. The molecule has 1 aliphatic heterocycles. The highest BCUT2D eigenvalue weighted by Gasteiger charge is 2.41. The molecule has 2 atom stereocenters. The van der Waals surface area contributed by atoms with Crippen molar-refractivity contribution in [2.45, 2.75) is 32.7 Å². The minimum Gasteiger partial charge on any atom is -0.493 e. The van der Waals surface area contributed by atoms with Crippen LogP contribution in [0.3, 0.4) is 0 Å². The predicted molar refractivity (Wildman–Crippen MR) is 91.3 cm³/mol. The van der Waals surface area contributed by atoms with Crippen LogP contribution in [-0.2, 0) is 9.53 Å². The second-order valence-corrected chi connectivity index (χ2v) is 6.28. The van der Waals surface area contributed by atoms with Gasteiger partial charge >= 0.3 is 6.09 Å². The van der Waals surface area contributed by atoms with E-state index in [1.165, 1.54) is 26.2 Å². The molecule has 0 unspecified atom stereocenters. The van der Waals surface area contributed by atoms with Crippen LogP contribution in [0.2, 0.25) is 0 Å². The van der Waals surface area contributed by atoms with Gasteiger partial charge in [-0.15, -0.1) is 0 Å². The summed E-state index contributed by atoms with van der Waals surface area (Å²) in [6.45, 7) is 5.88. The van der Waals surface area contributed by atoms with E-state index >= 15 is 0 Å². The lowest BCUT2D eigenvalue weighted by Crippen LogP contribution is -2.43. The Kier molecular flexibility index (Phi) is 5.77. The Labute approximate surface area is 147 Å². The Morgan fingerprint density at radius 1 is 1.12 bits per heavy atom. The largest absolute Gasteiger partial charge is 0.493 e. The van der Waals surface area contributed by atoms with Crippen molar-refractivity contribution in [2.24, 2.45) is 5.92 Å². The molecule has 7 nitrogen and oxygen atoms in total. The van der Waals surface area contributed by atoms with E-state index in [-0.39, 0.29) is 24.5 Å². The molecule has 2 amide bonds. The summed E-state index contributed by atoms with van der Waals surface area (Å²) < 4.78 is 21.0. The lowest BCUT2D eigenvalue weighted by molar-refractivity contribution is -0.131. The highest BCUT2D eigenvalue weighted by atomic mass is 16.6. The molecule has 2 rings (SSSR count). The van der Waals surface area contributed by atoms with Gasteiger partial charge in [-0.3, -0.25) is 4.79 Å². The number of cyclic esters (lactones) is 1. The van der Waals surface area contributed by atoms with Crippen LogP contribution in [0.1, 0.15) is 32.3 Å². The van der Waals surface area contributed by atoms with Crippen LogP contribution in [0.4, 0.5) is 4.79 Å². The monoisotopic (exact) mass is 351 g/mol. The number of benzene rings is 1. The van der Waals surface area contributed by atoms with E-state index in [0.717, 1.165) is 0 Å². The number of hydrogen-bond acceptors (Lipinski definition) is 6. The summed E-state index contributed by atoms with van der Waals surface area (Å²) in [5.74, 6) is 0.606. The van der Waals surface area contributed by atoms with E-state index in [9.17, 15) is 9.59 Å². The quantitative estimate of drug-likeness (QED) is 0.785. The number of methoxy groups -OCH3 is 3. The summed E-state index contributed by atoms with van der Waals surface area (Å²) in [5, 5.41) is 0. The maximum absolute atomic E-state index is 12.9. The fourth-order valence-electron chi connectivity index (χ4n) is 2.88. The Bertz CT molecular complexity index is 632. The number of imide groups is 1. The van der Waals surface area contributed by atoms with E-state index in [0.29, 0.717) is 22.8 Å². The molecule has 0 N–H and O–H groups in total. The third-order valence-corrected chi connectivity index (χ3v) is 4.47. The molecule has 1 aromatic rings. The van der Waals surface area contributed by atoms with E-state index in [4.69, 9.17) is 18.9 Å². The zero-order valence-corrected chi connectivity index (χ0v) is 15.5. The number of hydrogen-bond donors (Lipinski definition) is 0. The zero-order valence-electron chi connectivity index (χ0n) is 15.5. The second-order valence-electron chi connectivity index (χ2n) is 6.28. The average molecular weight is 351 g/mol. The third-order valence-electron chi connectivity index (χ3n) is 4.47. The topological polar surface area (TPSA) is 74.3 Å². The predicted octanol–water partition coefficient (Wildman–Crippen LogP) is 2.82. The summed E-state index contributed by atoms with van der Waals surface area (Å²) in [6, 6.07) is 3.18. The first-order valence-corrected chi connectivity index (χ1v) is 8.15. The standard InChI is InChI=1S/C18H25NO6/c1-10(2)13-9-25-18(21)19(13)17(20)11(3)12-7-14(22-4)16(24-6)15(8-12)23-5/h7-8,10-11,13H,9H2,1-6H3/t11-,13+/m0/s1. The molecular formula is C18H25NO6. The molecule has 138 valence electrons. The van der Waals surface area contributed by atoms with E-state index in [1.54, 1.807) is 19.1 Å². The average Bonchev–Trinajstić information content (AvgIpc) is 3.00. The summed E-state index contributed by atoms with van der Waals surface area (Å²) in [4.78, 5) is 26.2. The van der Waals surface area contributed by atoms with Crippen LogP contribution in [-0.4, -0.2) is 50.9 Å². The molecule has 0 aromatic heterocycles. The fraction of sp³-hybridized carbons (Fsp3) is 0.556. The first kappa shape index (κ1) is 18.9. The van der Waals surface area contributed by atoms with Crippen molar-refractivity contribution in [3.63, 3.8) is 0 Å². The molecular weight excluding hydrogens is 326 g/mol. The second kappa shape index (κ2) is 7.63. The smallest absolute Gasteiger partial charge is 0.417 e. The Balaban J connectivity index is 2.38. The molecule has 1 heterocycles. The minimum absolute atomic E-state index is 0.113. The molecule has 0 aliphatic carbocycles. The van der Waals surface area contributed by atoms with Crippen molar-refractivity contribution in [2.75, 3.05) is 27.9 Å². The zero-order chi connectivity index (χ0) is 18.7. The summed E-state index contributed by atoms with van der Waals surface area (Å²) in [5.41, 5.74) is 0.668. The molecule has 25 heavy (non-hydrogen) atoms. The van der Waals surface area contributed by atoms with Crippen molar-refractivity contribution in [3.05, 3.63) is 17.7 Å². The van der Waals surface area contributed by atoms with Gasteiger partial charge in [-0.1, -0.05) is 13.8 Å².